The van der Waals surface area contributed by atoms with Crippen molar-refractivity contribution < 1.29 is 18.6 Å². The van der Waals surface area contributed by atoms with Crippen molar-refractivity contribution >= 4 is 8.56 Å². The molecule has 0 aromatic rings. The Hall–Kier alpha value is 0.0569. The molecule has 0 aliphatic heterocycles. The van der Waals surface area contributed by atoms with E-state index in [1.807, 2.05) is 20.8 Å². The van der Waals surface area contributed by atoms with Gasteiger partial charge in [-0.1, -0.05) is 0 Å². The fourth-order valence-electron chi connectivity index (χ4n) is 5.07. The fourth-order valence-corrected chi connectivity index (χ4v) is 6.76. The van der Waals surface area contributed by atoms with Crippen LogP contribution in [-0.4, -0.2) is 26.6 Å². The van der Waals surface area contributed by atoms with E-state index < -0.39 is 8.56 Å². The number of rotatable bonds is 6. The predicted octanol–water partition coefficient (Wildman–Crippen LogP) is 4.39. The molecule has 4 rings (SSSR count). The molecule has 22 heavy (non-hydrogen) atoms. The lowest BCUT2D eigenvalue weighted by molar-refractivity contribution is -0.373. The summed E-state index contributed by atoms with van der Waals surface area (Å²) in [7, 11) is -2.19. The van der Waals surface area contributed by atoms with E-state index >= 15 is 0 Å². The van der Waals surface area contributed by atoms with Gasteiger partial charge in [0.15, 0.2) is 6.79 Å². The van der Waals surface area contributed by atoms with Crippen LogP contribution in [0, 0.1) is 17.8 Å². The molecule has 0 saturated heterocycles. The minimum atomic E-state index is -2.19. The van der Waals surface area contributed by atoms with Gasteiger partial charge in [-0.3, -0.25) is 0 Å². The van der Waals surface area contributed by atoms with Crippen molar-refractivity contribution in [2.45, 2.75) is 83.6 Å². The van der Waals surface area contributed by atoms with E-state index in [1.54, 1.807) is 0 Å². The van der Waals surface area contributed by atoms with Gasteiger partial charge in [0.25, 0.3) is 0 Å². The molecule has 0 unspecified atom stereocenters. The highest BCUT2D eigenvalue weighted by Crippen LogP contribution is 2.57. The van der Waals surface area contributed by atoms with Crippen LogP contribution in [0.5, 0.6) is 0 Å². The molecule has 4 saturated carbocycles. The molecule has 5 heteroatoms. The second-order valence-corrected chi connectivity index (χ2v) is 12.5. The van der Waals surface area contributed by atoms with Gasteiger partial charge in [-0.05, 0) is 90.1 Å². The zero-order valence-electron chi connectivity index (χ0n) is 14.8. The third kappa shape index (κ3) is 4.12. The molecule has 0 spiro atoms. The molecule has 128 valence electrons. The van der Waals surface area contributed by atoms with Crippen molar-refractivity contribution in [1.29, 1.82) is 0 Å². The molecular formula is C17H32O4Si. The first-order valence-corrected chi connectivity index (χ1v) is 11.6. The molecule has 0 aromatic carbocycles. The monoisotopic (exact) mass is 328 g/mol. The first kappa shape index (κ1) is 16.9. The minimum absolute atomic E-state index is 0.107. The third-order valence-electron chi connectivity index (χ3n) is 5.21. The summed E-state index contributed by atoms with van der Waals surface area (Å²) in [6.07, 6.45) is 8.06. The van der Waals surface area contributed by atoms with Gasteiger partial charge in [-0.25, -0.2) is 9.78 Å². The van der Waals surface area contributed by atoms with Gasteiger partial charge >= 0.3 is 8.56 Å². The maximum Gasteiger partial charge on any atom is 0.333 e. The van der Waals surface area contributed by atoms with Crippen LogP contribution >= 0.6 is 0 Å². The Morgan fingerprint density at radius 1 is 0.955 bits per heavy atom. The Kier molecular flexibility index (Phi) is 4.49. The minimum Gasteiger partial charge on any atom is -0.389 e. The van der Waals surface area contributed by atoms with E-state index in [2.05, 4.69) is 13.1 Å². The third-order valence-corrected chi connectivity index (χ3v) is 6.95. The SMILES string of the molecule is CC(C)(C)OOCO[Si](C)(C)OC12CC3CC(CC(C3)C1)C2. The highest BCUT2D eigenvalue weighted by Gasteiger charge is 2.53. The summed E-state index contributed by atoms with van der Waals surface area (Å²) in [6.45, 7) is 10.3. The van der Waals surface area contributed by atoms with Gasteiger partial charge in [-0.15, -0.1) is 0 Å². The second kappa shape index (κ2) is 5.85. The summed E-state index contributed by atoms with van der Waals surface area (Å²) in [5, 5.41) is 0. The second-order valence-electron chi connectivity index (χ2n) is 9.18. The van der Waals surface area contributed by atoms with E-state index in [9.17, 15) is 0 Å². The van der Waals surface area contributed by atoms with Gasteiger partial charge in [0.2, 0.25) is 0 Å². The summed E-state index contributed by atoms with van der Waals surface area (Å²) < 4.78 is 12.6. The molecule has 4 bridgehead atoms. The van der Waals surface area contributed by atoms with Gasteiger partial charge in [0.05, 0.1) is 11.2 Å². The molecule has 4 fully saturated rings. The Morgan fingerprint density at radius 3 is 1.91 bits per heavy atom. The van der Waals surface area contributed by atoms with E-state index in [1.165, 1.54) is 38.5 Å². The highest BCUT2D eigenvalue weighted by atomic mass is 28.4. The molecule has 4 nitrogen and oxygen atoms in total. The standard InChI is InChI=1S/C17H32O4Si/c1-16(2,3)20-18-12-19-22(4,5)21-17-9-13-6-14(10-17)8-15(7-13)11-17/h13-15H,6-12H2,1-5H3. The molecule has 0 atom stereocenters. The van der Waals surface area contributed by atoms with Crippen molar-refractivity contribution in [2.24, 2.45) is 17.8 Å². The van der Waals surface area contributed by atoms with E-state index in [4.69, 9.17) is 18.6 Å². The lowest BCUT2D eigenvalue weighted by atomic mass is 9.54. The summed E-state index contributed by atoms with van der Waals surface area (Å²) in [5.41, 5.74) is -0.203. The molecular weight excluding hydrogens is 296 g/mol. The van der Waals surface area contributed by atoms with Crippen molar-refractivity contribution in [3.8, 4) is 0 Å². The summed E-state index contributed by atoms with van der Waals surface area (Å²) in [4.78, 5) is 10.4. The summed E-state index contributed by atoms with van der Waals surface area (Å²) >= 11 is 0. The van der Waals surface area contributed by atoms with Gasteiger partial charge in [0, 0.05) is 0 Å². The average molecular weight is 329 g/mol. The molecule has 4 aliphatic rings. The molecule has 0 radical (unpaired) electrons. The topological polar surface area (TPSA) is 36.9 Å². The van der Waals surface area contributed by atoms with Crippen LogP contribution in [0.1, 0.15) is 59.3 Å². The van der Waals surface area contributed by atoms with Gasteiger partial charge in [-0.2, -0.15) is 0 Å². The molecule has 4 aliphatic carbocycles. The smallest absolute Gasteiger partial charge is 0.333 e. The first-order chi connectivity index (χ1) is 10.1. The first-order valence-electron chi connectivity index (χ1n) is 8.80. The van der Waals surface area contributed by atoms with Crippen molar-refractivity contribution in [3.63, 3.8) is 0 Å². The van der Waals surface area contributed by atoms with Gasteiger partial charge in [0.1, 0.15) is 0 Å². The number of hydrogen-bond acceptors (Lipinski definition) is 4. The Morgan fingerprint density at radius 2 is 1.45 bits per heavy atom. The van der Waals surface area contributed by atoms with Crippen LogP contribution in [0.2, 0.25) is 13.1 Å². The molecule has 0 N–H and O–H groups in total. The Balaban J connectivity index is 1.51. The quantitative estimate of drug-likeness (QED) is 0.238. The summed E-state index contributed by atoms with van der Waals surface area (Å²) in [5.74, 6) is 2.70. The summed E-state index contributed by atoms with van der Waals surface area (Å²) in [6, 6.07) is 0. The van der Waals surface area contributed by atoms with Crippen LogP contribution in [0.15, 0.2) is 0 Å². The lowest BCUT2D eigenvalue weighted by Gasteiger charge is -2.57. The van der Waals surface area contributed by atoms with Gasteiger partial charge < -0.3 is 8.85 Å². The van der Waals surface area contributed by atoms with Crippen molar-refractivity contribution in [2.75, 3.05) is 6.79 Å². The molecule has 0 heterocycles. The zero-order chi connectivity index (χ0) is 16.0. The largest absolute Gasteiger partial charge is 0.389 e. The van der Waals surface area contributed by atoms with Crippen LogP contribution in [0.25, 0.3) is 0 Å². The normalized spacial score (nSPS) is 37.8. The average Bonchev–Trinajstić information content (AvgIpc) is 2.30. The Labute approximate surface area is 136 Å². The van der Waals surface area contributed by atoms with Crippen molar-refractivity contribution in [1.82, 2.24) is 0 Å². The molecule has 0 amide bonds. The lowest BCUT2D eigenvalue weighted by Crippen LogP contribution is -2.56. The fraction of sp³-hybridized carbons (Fsp3) is 1.00. The van der Waals surface area contributed by atoms with Crippen LogP contribution in [0.3, 0.4) is 0 Å². The van der Waals surface area contributed by atoms with E-state index in [-0.39, 0.29) is 18.0 Å². The van der Waals surface area contributed by atoms with Crippen LogP contribution in [0.4, 0.5) is 0 Å². The van der Waals surface area contributed by atoms with E-state index in [0.717, 1.165) is 17.8 Å². The number of hydrogen-bond donors (Lipinski definition) is 0. The highest BCUT2D eigenvalue weighted by molar-refractivity contribution is 6.64. The Bertz CT molecular complexity index is 367. The maximum absolute atomic E-state index is 6.65. The van der Waals surface area contributed by atoms with Crippen molar-refractivity contribution in [3.05, 3.63) is 0 Å². The maximum atomic E-state index is 6.65. The van der Waals surface area contributed by atoms with E-state index in [0.29, 0.717) is 0 Å². The predicted molar refractivity (Wildman–Crippen MR) is 87.3 cm³/mol. The van der Waals surface area contributed by atoms with Crippen LogP contribution < -0.4 is 0 Å². The molecule has 0 aromatic heterocycles. The zero-order valence-corrected chi connectivity index (χ0v) is 15.8. The van der Waals surface area contributed by atoms with Crippen LogP contribution in [-0.2, 0) is 18.6 Å².